The van der Waals surface area contributed by atoms with Gasteiger partial charge in [0.15, 0.2) is 11.6 Å². The smallest absolute Gasteiger partial charge is 0.359 e. The molecule has 1 saturated heterocycles. The molecule has 0 amide bonds. The highest BCUT2D eigenvalue weighted by atomic mass is 32.1. The molecule has 4 unspecified atom stereocenters. The van der Waals surface area contributed by atoms with Crippen LogP contribution in [0.25, 0.3) is 11.0 Å². The number of hydrogen-bond acceptors (Lipinski definition) is 9. The van der Waals surface area contributed by atoms with Crippen LogP contribution in [0.2, 0.25) is 0 Å². The molecule has 1 aliphatic heterocycles. The number of aliphatic hydroxyl groups is 3. The molecule has 0 spiro atoms. The number of hydrogen-bond donors (Lipinski definition) is 5. The number of aromatic amines is 1. The van der Waals surface area contributed by atoms with Crippen LogP contribution in [0.4, 0.5) is 0 Å². The third-order valence-corrected chi connectivity index (χ3v) is 9.08. The third kappa shape index (κ3) is 5.05. The first-order valence-electron chi connectivity index (χ1n) is 11.0. The van der Waals surface area contributed by atoms with Gasteiger partial charge in [0, 0.05) is 23.6 Å². The van der Waals surface area contributed by atoms with Crippen molar-refractivity contribution in [3.05, 3.63) is 33.0 Å². The van der Waals surface area contributed by atoms with Crippen molar-refractivity contribution in [1.29, 1.82) is 0 Å². The van der Waals surface area contributed by atoms with Crippen molar-refractivity contribution >= 4 is 30.8 Å². The van der Waals surface area contributed by atoms with Crippen LogP contribution in [0.3, 0.4) is 0 Å². The van der Waals surface area contributed by atoms with Gasteiger partial charge in [-0.25, -0.2) is 4.98 Å². The normalized spacial score (nSPS) is 28.4. The Morgan fingerprint density at radius 2 is 1.94 bits per heavy atom. The van der Waals surface area contributed by atoms with E-state index < -0.39 is 43.1 Å². The second kappa shape index (κ2) is 9.51. The molecule has 0 saturated carbocycles. The van der Waals surface area contributed by atoms with Crippen molar-refractivity contribution in [3.63, 3.8) is 0 Å². The lowest BCUT2D eigenvalue weighted by molar-refractivity contribution is -0.0707. The van der Waals surface area contributed by atoms with E-state index in [0.717, 1.165) is 0 Å². The Balaban J connectivity index is 1.89. The molecule has 0 bridgehead atoms. The zero-order valence-corrected chi connectivity index (χ0v) is 21.5. The highest BCUT2D eigenvalue weighted by Crippen LogP contribution is 2.59. The van der Waals surface area contributed by atoms with Gasteiger partial charge in [0.1, 0.15) is 17.9 Å². The molecule has 190 valence electrons. The fraction of sp³-hybridized carbons (Fsp3) is 0.667. The molecule has 2 aromatic heterocycles. The van der Waals surface area contributed by atoms with E-state index in [1.807, 2.05) is 0 Å². The summed E-state index contributed by atoms with van der Waals surface area (Å²) >= 11 is 5.32. The minimum Gasteiger partial charge on any atom is -0.388 e. The SMILES string of the molecule is CCC(C)(C[C@H]1O[C@@H](n2cc3cc(C)c(=O)[nH]c3nc2=S)[C@@H](O)C1O)OP(=O)(O)C(C)(O)CC. The predicted molar refractivity (Wildman–Crippen MR) is 127 cm³/mol. The molecule has 0 radical (unpaired) electrons. The topological polar surface area (TPSA) is 167 Å². The van der Waals surface area contributed by atoms with Crippen molar-refractivity contribution in [1.82, 2.24) is 14.5 Å². The van der Waals surface area contributed by atoms with Gasteiger partial charge >= 0.3 is 7.60 Å². The van der Waals surface area contributed by atoms with E-state index in [1.165, 1.54) is 11.5 Å². The molecule has 13 heteroatoms. The number of fused-ring (bicyclic) bond motifs is 1. The van der Waals surface area contributed by atoms with Crippen LogP contribution in [0.15, 0.2) is 17.1 Å². The summed E-state index contributed by atoms with van der Waals surface area (Å²) in [6.45, 7) is 7.76. The Labute approximate surface area is 201 Å². The van der Waals surface area contributed by atoms with Gasteiger partial charge in [0.05, 0.1) is 11.7 Å². The number of aryl methyl sites for hydroxylation is 1. The Morgan fingerprint density at radius 1 is 1.29 bits per heavy atom. The van der Waals surface area contributed by atoms with Crippen LogP contribution in [-0.2, 0) is 13.8 Å². The van der Waals surface area contributed by atoms with Gasteiger partial charge in [-0.3, -0.25) is 13.9 Å². The number of nitrogens with zero attached hydrogens (tertiary/aromatic N) is 2. The van der Waals surface area contributed by atoms with E-state index in [2.05, 4.69) is 9.97 Å². The number of ether oxygens (including phenoxy) is 1. The van der Waals surface area contributed by atoms with Crippen molar-refractivity contribution in [2.24, 2.45) is 0 Å². The Bertz CT molecular complexity index is 1230. The molecule has 0 aliphatic carbocycles. The number of aromatic nitrogens is 3. The predicted octanol–water partition coefficient (Wildman–Crippen LogP) is 2.26. The van der Waals surface area contributed by atoms with Crippen LogP contribution in [0.1, 0.15) is 58.7 Å². The van der Waals surface area contributed by atoms with Crippen LogP contribution in [-0.4, -0.2) is 64.0 Å². The second-order valence-electron chi connectivity index (χ2n) is 9.25. The average molecular weight is 518 g/mol. The lowest BCUT2D eigenvalue weighted by Crippen LogP contribution is -2.40. The zero-order chi connectivity index (χ0) is 25.6. The zero-order valence-electron chi connectivity index (χ0n) is 19.8. The lowest BCUT2D eigenvalue weighted by Gasteiger charge is -2.37. The van der Waals surface area contributed by atoms with E-state index in [0.29, 0.717) is 10.9 Å². The van der Waals surface area contributed by atoms with Gasteiger partial charge in [0.25, 0.3) is 5.56 Å². The Hall–Kier alpha value is -1.50. The van der Waals surface area contributed by atoms with Gasteiger partial charge < -0.3 is 34.5 Å². The van der Waals surface area contributed by atoms with Gasteiger partial charge in [-0.15, -0.1) is 0 Å². The van der Waals surface area contributed by atoms with Gasteiger partial charge in [0.2, 0.25) is 4.77 Å². The molecular weight excluding hydrogens is 485 g/mol. The number of nitrogens with one attached hydrogen (secondary N) is 1. The molecule has 7 atom stereocenters. The quantitative estimate of drug-likeness (QED) is 0.259. The van der Waals surface area contributed by atoms with Crippen LogP contribution < -0.4 is 5.56 Å². The molecule has 1 aliphatic rings. The Morgan fingerprint density at radius 3 is 2.53 bits per heavy atom. The second-order valence-corrected chi connectivity index (χ2v) is 11.8. The first-order chi connectivity index (χ1) is 15.6. The molecule has 34 heavy (non-hydrogen) atoms. The number of aliphatic hydroxyl groups excluding tert-OH is 2. The van der Waals surface area contributed by atoms with Crippen LogP contribution >= 0.6 is 19.8 Å². The summed E-state index contributed by atoms with van der Waals surface area (Å²) < 4.78 is 25.7. The summed E-state index contributed by atoms with van der Waals surface area (Å²) in [6.07, 6.45) is -2.96. The van der Waals surface area contributed by atoms with Crippen molar-refractivity contribution < 1.29 is 34.0 Å². The summed E-state index contributed by atoms with van der Waals surface area (Å²) in [5.74, 6) is 0. The summed E-state index contributed by atoms with van der Waals surface area (Å²) in [4.78, 5) is 29.1. The monoisotopic (exact) mass is 517 g/mol. The lowest BCUT2D eigenvalue weighted by atomic mass is 9.93. The first kappa shape index (κ1) is 27.1. The van der Waals surface area contributed by atoms with Crippen molar-refractivity contribution in [2.75, 3.05) is 0 Å². The highest BCUT2D eigenvalue weighted by molar-refractivity contribution is 7.71. The molecule has 3 rings (SSSR count). The van der Waals surface area contributed by atoms with Gasteiger partial charge in [-0.2, -0.15) is 0 Å². The standard InChI is InChI=1S/C21H32N3O8PS/c1-6-20(4,32-33(29,30)21(5,28)7-2)9-13-14(25)15(26)18(31-13)24-10-12-8-11(3)17(27)22-16(12)23-19(24)34/h8,10,13-15,18,25-26,28H,6-7,9H2,1-5H3,(H,29,30)(H,22,23,27,34)/t13-,14?,15+,18-,20?,21?/m1/s1. The summed E-state index contributed by atoms with van der Waals surface area (Å²) in [6, 6.07) is 1.63. The minimum absolute atomic E-state index is 0.00185. The maximum Gasteiger partial charge on any atom is 0.359 e. The van der Waals surface area contributed by atoms with Gasteiger partial charge in [-0.1, -0.05) is 13.8 Å². The first-order valence-corrected chi connectivity index (χ1v) is 13.0. The number of H-pyrrole nitrogens is 1. The maximum absolute atomic E-state index is 12.7. The molecule has 5 N–H and O–H groups in total. The number of rotatable bonds is 8. The third-order valence-electron chi connectivity index (χ3n) is 6.56. The summed E-state index contributed by atoms with van der Waals surface area (Å²) in [5, 5.41) is 30.4. The van der Waals surface area contributed by atoms with E-state index in [9.17, 15) is 29.6 Å². The average Bonchev–Trinajstić information content (AvgIpc) is 3.02. The van der Waals surface area contributed by atoms with E-state index in [-0.39, 0.29) is 35.2 Å². The van der Waals surface area contributed by atoms with Crippen molar-refractivity contribution in [2.45, 2.75) is 89.4 Å². The summed E-state index contributed by atoms with van der Waals surface area (Å²) in [5.41, 5.74) is -0.781. The van der Waals surface area contributed by atoms with Gasteiger partial charge in [-0.05, 0) is 51.9 Å². The molecule has 0 aromatic carbocycles. The molecular formula is C21H32N3O8PS. The number of pyridine rings is 1. The fourth-order valence-electron chi connectivity index (χ4n) is 3.77. The largest absolute Gasteiger partial charge is 0.388 e. The maximum atomic E-state index is 12.7. The minimum atomic E-state index is -4.45. The molecule has 3 heterocycles. The van der Waals surface area contributed by atoms with E-state index in [1.54, 1.807) is 40.0 Å². The molecule has 11 nitrogen and oxygen atoms in total. The van der Waals surface area contributed by atoms with Crippen LogP contribution in [0, 0.1) is 11.7 Å². The highest BCUT2D eigenvalue weighted by Gasteiger charge is 2.50. The van der Waals surface area contributed by atoms with E-state index in [4.69, 9.17) is 21.5 Å². The Kier molecular flexibility index (Phi) is 7.58. The molecule has 2 aromatic rings. The molecule has 1 fully saturated rings. The van der Waals surface area contributed by atoms with Crippen molar-refractivity contribution in [3.8, 4) is 0 Å². The van der Waals surface area contributed by atoms with Crippen LogP contribution in [0.5, 0.6) is 0 Å². The summed E-state index contributed by atoms with van der Waals surface area (Å²) in [7, 11) is -4.45. The van der Waals surface area contributed by atoms with E-state index >= 15 is 0 Å². The fourth-order valence-corrected chi connectivity index (χ4v) is 5.42.